The van der Waals surface area contributed by atoms with E-state index in [2.05, 4.69) is 12.2 Å². The van der Waals surface area contributed by atoms with Crippen molar-refractivity contribution in [3.05, 3.63) is 53.6 Å². The third-order valence-electron chi connectivity index (χ3n) is 6.65. The van der Waals surface area contributed by atoms with E-state index >= 15 is 0 Å². The summed E-state index contributed by atoms with van der Waals surface area (Å²) in [7, 11) is -7.21. The van der Waals surface area contributed by atoms with Gasteiger partial charge in [0.2, 0.25) is 20.0 Å². The first-order valence-electron chi connectivity index (χ1n) is 11.6. The lowest BCUT2D eigenvalue weighted by atomic mass is 10.0. The van der Waals surface area contributed by atoms with Crippen LogP contribution in [-0.4, -0.2) is 57.5 Å². The quantitative estimate of drug-likeness (QED) is 0.648. The summed E-state index contributed by atoms with van der Waals surface area (Å²) in [5.74, 6) is 0.0551. The SMILES string of the molecule is Cc1ccc(S(=O)(=O)N2CCC(C)CC2)cc1C(=O)Nc1ccc(S(=O)(=O)N2CCCC2)cc1. The first-order chi connectivity index (χ1) is 16.1. The molecule has 0 radical (unpaired) electrons. The molecule has 0 unspecified atom stereocenters. The van der Waals surface area contributed by atoms with Crippen LogP contribution >= 0.6 is 0 Å². The molecule has 0 saturated carbocycles. The minimum Gasteiger partial charge on any atom is -0.322 e. The van der Waals surface area contributed by atoms with Crippen LogP contribution in [0.15, 0.2) is 52.3 Å². The number of nitrogens with zero attached hydrogens (tertiary/aromatic N) is 2. The van der Waals surface area contributed by atoms with Gasteiger partial charge in [0.25, 0.3) is 5.91 Å². The molecule has 0 spiro atoms. The van der Waals surface area contributed by atoms with Crippen LogP contribution in [0.1, 0.15) is 48.5 Å². The summed E-state index contributed by atoms with van der Waals surface area (Å²) in [4.78, 5) is 13.3. The van der Waals surface area contributed by atoms with Gasteiger partial charge in [-0.25, -0.2) is 16.8 Å². The summed E-state index contributed by atoms with van der Waals surface area (Å²) in [6.45, 7) is 5.87. The van der Waals surface area contributed by atoms with E-state index in [1.165, 1.54) is 32.9 Å². The lowest BCUT2D eigenvalue weighted by molar-refractivity contribution is 0.102. The lowest BCUT2D eigenvalue weighted by Gasteiger charge is -2.29. The molecular weight excluding hydrogens is 474 g/mol. The van der Waals surface area contributed by atoms with Crippen molar-refractivity contribution >= 4 is 31.6 Å². The predicted molar refractivity (Wildman–Crippen MR) is 131 cm³/mol. The standard InChI is InChI=1S/C24H31N3O5S2/c1-18-11-15-27(16-12-18)34(31,32)22-8-5-19(2)23(17-22)24(28)25-20-6-9-21(10-7-20)33(29,30)26-13-3-4-14-26/h5-10,17-18H,3-4,11-16H2,1-2H3,(H,25,28). The van der Waals surface area contributed by atoms with E-state index in [0.29, 0.717) is 43.3 Å². The smallest absolute Gasteiger partial charge is 0.255 e. The van der Waals surface area contributed by atoms with Gasteiger partial charge in [-0.15, -0.1) is 0 Å². The van der Waals surface area contributed by atoms with E-state index in [4.69, 9.17) is 0 Å². The molecule has 2 aliphatic rings. The highest BCUT2D eigenvalue weighted by atomic mass is 32.2. The highest BCUT2D eigenvalue weighted by molar-refractivity contribution is 7.89. The predicted octanol–water partition coefficient (Wildman–Crippen LogP) is 3.45. The lowest BCUT2D eigenvalue weighted by Crippen LogP contribution is -2.38. The summed E-state index contributed by atoms with van der Waals surface area (Å²) in [5.41, 5.74) is 1.35. The van der Waals surface area contributed by atoms with Gasteiger partial charge in [0, 0.05) is 37.4 Å². The van der Waals surface area contributed by atoms with E-state index in [1.807, 2.05) is 0 Å². The van der Waals surface area contributed by atoms with Gasteiger partial charge < -0.3 is 5.32 Å². The van der Waals surface area contributed by atoms with Crippen molar-refractivity contribution in [2.45, 2.75) is 49.3 Å². The molecule has 2 saturated heterocycles. The molecule has 0 bridgehead atoms. The maximum Gasteiger partial charge on any atom is 0.255 e. The Bertz CT molecular complexity index is 1260. The van der Waals surface area contributed by atoms with Crippen LogP contribution in [0.3, 0.4) is 0 Å². The van der Waals surface area contributed by atoms with Gasteiger partial charge in [0.05, 0.1) is 9.79 Å². The van der Waals surface area contributed by atoms with Crippen LogP contribution in [0.2, 0.25) is 0 Å². The number of piperidine rings is 1. The fraction of sp³-hybridized carbons (Fsp3) is 0.458. The molecule has 0 aliphatic carbocycles. The number of amides is 1. The van der Waals surface area contributed by atoms with Crippen molar-refractivity contribution in [1.29, 1.82) is 0 Å². The Morgan fingerprint density at radius 2 is 1.35 bits per heavy atom. The Kier molecular flexibility index (Phi) is 7.14. The number of sulfonamides is 2. The van der Waals surface area contributed by atoms with Gasteiger partial charge in [0.15, 0.2) is 0 Å². The first-order valence-corrected chi connectivity index (χ1v) is 14.5. The van der Waals surface area contributed by atoms with Crippen LogP contribution in [-0.2, 0) is 20.0 Å². The Labute approximate surface area is 202 Å². The second-order valence-electron chi connectivity index (χ2n) is 9.15. The zero-order valence-electron chi connectivity index (χ0n) is 19.5. The fourth-order valence-corrected chi connectivity index (χ4v) is 7.38. The largest absolute Gasteiger partial charge is 0.322 e. The van der Waals surface area contributed by atoms with Gasteiger partial charge in [0.1, 0.15) is 0 Å². The van der Waals surface area contributed by atoms with E-state index in [-0.39, 0.29) is 15.4 Å². The van der Waals surface area contributed by atoms with Crippen molar-refractivity contribution < 1.29 is 21.6 Å². The minimum atomic E-state index is -3.68. The number of carbonyl (C=O) groups excluding carboxylic acids is 1. The topological polar surface area (TPSA) is 104 Å². The second kappa shape index (κ2) is 9.77. The highest BCUT2D eigenvalue weighted by Gasteiger charge is 2.29. The number of rotatable bonds is 6. The number of carbonyl (C=O) groups is 1. The van der Waals surface area contributed by atoms with Gasteiger partial charge in [-0.05, 0) is 80.5 Å². The average molecular weight is 506 g/mol. The zero-order valence-corrected chi connectivity index (χ0v) is 21.2. The molecule has 2 aliphatic heterocycles. The molecule has 184 valence electrons. The molecule has 1 N–H and O–H groups in total. The Morgan fingerprint density at radius 3 is 1.97 bits per heavy atom. The van der Waals surface area contributed by atoms with E-state index in [1.54, 1.807) is 25.1 Å². The van der Waals surface area contributed by atoms with E-state index in [0.717, 1.165) is 25.7 Å². The van der Waals surface area contributed by atoms with Crippen LogP contribution in [0, 0.1) is 12.8 Å². The van der Waals surface area contributed by atoms with Gasteiger partial charge in [-0.2, -0.15) is 8.61 Å². The van der Waals surface area contributed by atoms with Gasteiger partial charge >= 0.3 is 0 Å². The summed E-state index contributed by atoms with van der Waals surface area (Å²) >= 11 is 0. The molecule has 34 heavy (non-hydrogen) atoms. The summed E-state index contributed by atoms with van der Waals surface area (Å²) < 4.78 is 54.6. The van der Waals surface area contributed by atoms with Crippen molar-refractivity contribution in [3.63, 3.8) is 0 Å². The molecule has 8 nitrogen and oxygen atoms in total. The van der Waals surface area contributed by atoms with Crippen molar-refractivity contribution in [2.24, 2.45) is 5.92 Å². The monoisotopic (exact) mass is 505 g/mol. The number of hydrogen-bond donors (Lipinski definition) is 1. The van der Waals surface area contributed by atoms with Crippen molar-refractivity contribution in [3.8, 4) is 0 Å². The van der Waals surface area contributed by atoms with E-state index < -0.39 is 26.0 Å². The van der Waals surface area contributed by atoms with Crippen LogP contribution in [0.25, 0.3) is 0 Å². The fourth-order valence-electron chi connectivity index (χ4n) is 4.37. The molecule has 2 fully saturated rings. The van der Waals surface area contributed by atoms with Gasteiger partial charge in [-0.1, -0.05) is 13.0 Å². The average Bonchev–Trinajstić information content (AvgIpc) is 3.36. The molecule has 1 amide bonds. The van der Waals surface area contributed by atoms with Crippen molar-refractivity contribution in [2.75, 3.05) is 31.5 Å². The Morgan fingerprint density at radius 1 is 0.824 bits per heavy atom. The van der Waals surface area contributed by atoms with Crippen LogP contribution < -0.4 is 5.32 Å². The molecule has 10 heteroatoms. The highest BCUT2D eigenvalue weighted by Crippen LogP contribution is 2.26. The number of hydrogen-bond acceptors (Lipinski definition) is 5. The number of aryl methyl sites for hydroxylation is 1. The normalized spacial score (nSPS) is 18.8. The number of nitrogens with one attached hydrogen (secondary N) is 1. The van der Waals surface area contributed by atoms with Crippen LogP contribution in [0.5, 0.6) is 0 Å². The summed E-state index contributed by atoms with van der Waals surface area (Å²) in [6.07, 6.45) is 3.36. The molecule has 2 aromatic rings. The molecule has 0 atom stereocenters. The third-order valence-corrected chi connectivity index (χ3v) is 10.5. The Balaban J connectivity index is 1.51. The van der Waals surface area contributed by atoms with Crippen LogP contribution in [0.4, 0.5) is 5.69 Å². The third kappa shape index (κ3) is 5.05. The Hall–Kier alpha value is -2.27. The number of anilines is 1. The molecule has 4 rings (SSSR count). The maximum atomic E-state index is 13.1. The molecular formula is C24H31N3O5S2. The van der Waals surface area contributed by atoms with Gasteiger partial charge in [-0.3, -0.25) is 4.79 Å². The van der Waals surface area contributed by atoms with Crippen molar-refractivity contribution in [1.82, 2.24) is 8.61 Å². The molecule has 0 aromatic heterocycles. The second-order valence-corrected chi connectivity index (χ2v) is 13.0. The zero-order chi connectivity index (χ0) is 24.5. The molecule has 2 heterocycles. The summed E-state index contributed by atoms with van der Waals surface area (Å²) in [6, 6.07) is 10.7. The first kappa shape index (κ1) is 24.8. The number of benzene rings is 2. The minimum absolute atomic E-state index is 0.102. The maximum absolute atomic E-state index is 13.1. The summed E-state index contributed by atoms with van der Waals surface area (Å²) in [5, 5.41) is 2.76. The molecule has 2 aromatic carbocycles. The van der Waals surface area contributed by atoms with E-state index in [9.17, 15) is 21.6 Å².